The van der Waals surface area contributed by atoms with E-state index in [1.54, 1.807) is 0 Å². The van der Waals surface area contributed by atoms with E-state index in [1.807, 2.05) is 0 Å². The fourth-order valence-corrected chi connectivity index (χ4v) is 1.78. The Bertz CT molecular complexity index is 227. The fourth-order valence-electron chi connectivity index (χ4n) is 1.78. The molecule has 1 aliphatic heterocycles. The lowest BCUT2D eigenvalue weighted by atomic mass is 10.1. The summed E-state index contributed by atoms with van der Waals surface area (Å²) in [6.07, 6.45) is 0. The van der Waals surface area contributed by atoms with Gasteiger partial charge in [0.05, 0.1) is 0 Å². The zero-order valence-corrected chi connectivity index (χ0v) is 7.24. The third-order valence-electron chi connectivity index (χ3n) is 2.47. The van der Waals surface area contributed by atoms with Crippen molar-refractivity contribution >= 4 is 0 Å². The van der Waals surface area contributed by atoms with Crippen LogP contribution in [-0.4, -0.2) is 19.6 Å². The highest BCUT2D eigenvalue weighted by atomic mass is 15.0. The predicted molar refractivity (Wildman–Crippen MR) is 47.6 cm³/mol. The number of benzene rings is 1. The van der Waals surface area contributed by atoms with Crippen LogP contribution >= 0.6 is 0 Å². The molecule has 1 aliphatic rings. The van der Waals surface area contributed by atoms with Crippen molar-refractivity contribution in [3.63, 3.8) is 0 Å². The lowest BCUT2D eigenvalue weighted by Gasteiger charge is -2.18. The summed E-state index contributed by atoms with van der Waals surface area (Å²) in [4.78, 5) is 0. The molecule has 2 heteroatoms. The van der Waals surface area contributed by atoms with E-state index in [4.69, 9.17) is 0 Å². The second-order valence-electron chi connectivity index (χ2n) is 3.35. The van der Waals surface area contributed by atoms with Gasteiger partial charge in [-0.15, -0.1) is 0 Å². The summed E-state index contributed by atoms with van der Waals surface area (Å²) in [6, 6.07) is 11.5. The maximum Gasteiger partial charge on any atom is 0.161 e. The number of hydrogen-bond acceptors (Lipinski definition) is 0. The minimum atomic E-state index is 0.681. The van der Waals surface area contributed by atoms with Crippen molar-refractivity contribution in [1.29, 1.82) is 0 Å². The third-order valence-corrected chi connectivity index (χ3v) is 2.47. The third kappa shape index (κ3) is 1.65. The van der Waals surface area contributed by atoms with Crippen LogP contribution in [0.15, 0.2) is 30.3 Å². The molecule has 12 heavy (non-hydrogen) atoms. The summed E-state index contributed by atoms with van der Waals surface area (Å²) >= 11 is 0. The molecular formula is C10H16N2+2. The monoisotopic (exact) mass is 164 g/mol. The number of piperazine rings is 1. The molecule has 4 N–H and O–H groups in total. The van der Waals surface area contributed by atoms with E-state index < -0.39 is 0 Å². The van der Waals surface area contributed by atoms with Crippen LogP contribution in [-0.2, 0) is 0 Å². The van der Waals surface area contributed by atoms with E-state index in [1.165, 1.54) is 25.2 Å². The first kappa shape index (κ1) is 7.77. The predicted octanol–water partition coefficient (Wildman–Crippen LogP) is -1.13. The highest BCUT2D eigenvalue weighted by Crippen LogP contribution is 2.05. The molecule has 2 rings (SSSR count). The molecule has 0 saturated carbocycles. The highest BCUT2D eigenvalue weighted by Gasteiger charge is 2.19. The molecule has 64 valence electrons. The van der Waals surface area contributed by atoms with Gasteiger partial charge in [0, 0.05) is 5.56 Å². The number of hydrogen-bond donors (Lipinski definition) is 2. The summed E-state index contributed by atoms with van der Waals surface area (Å²) in [5.41, 5.74) is 1.47. The molecule has 1 fully saturated rings. The zero-order chi connectivity index (χ0) is 8.23. The van der Waals surface area contributed by atoms with Gasteiger partial charge in [-0.2, -0.15) is 0 Å². The molecule has 0 amide bonds. The molecule has 1 atom stereocenters. The lowest BCUT2D eigenvalue weighted by molar-refractivity contribution is -0.816. The standard InChI is InChI=1S/C10H14N2/c1-2-4-9(5-3-1)10-8-11-6-7-12-10/h1-5,10-12H,6-8H2/p+2/t10-/m1/s1. The minimum Gasteiger partial charge on any atom is -0.336 e. The van der Waals surface area contributed by atoms with Gasteiger partial charge in [-0.3, -0.25) is 0 Å². The molecule has 1 aromatic carbocycles. The normalized spacial score (nSPS) is 23.8. The number of rotatable bonds is 1. The maximum atomic E-state index is 2.44. The number of quaternary nitrogens is 2. The van der Waals surface area contributed by atoms with Crippen molar-refractivity contribution in [2.75, 3.05) is 19.6 Å². The van der Waals surface area contributed by atoms with Crippen molar-refractivity contribution < 1.29 is 10.6 Å². The van der Waals surface area contributed by atoms with Crippen LogP contribution in [0.3, 0.4) is 0 Å². The molecule has 1 heterocycles. The summed E-state index contributed by atoms with van der Waals surface area (Å²) in [6.45, 7) is 3.74. The van der Waals surface area contributed by atoms with Crippen molar-refractivity contribution in [3.05, 3.63) is 35.9 Å². The van der Waals surface area contributed by atoms with Crippen LogP contribution in [0.5, 0.6) is 0 Å². The van der Waals surface area contributed by atoms with Crippen LogP contribution < -0.4 is 10.6 Å². The van der Waals surface area contributed by atoms with E-state index in [-0.39, 0.29) is 0 Å². The summed E-state index contributed by atoms with van der Waals surface area (Å²) in [7, 11) is 0. The Morgan fingerprint density at radius 3 is 2.58 bits per heavy atom. The molecule has 0 radical (unpaired) electrons. The van der Waals surface area contributed by atoms with Crippen molar-refractivity contribution in [2.24, 2.45) is 0 Å². The van der Waals surface area contributed by atoms with Gasteiger partial charge in [0.2, 0.25) is 0 Å². The molecule has 0 unspecified atom stereocenters. The van der Waals surface area contributed by atoms with Crippen LogP contribution in [0.4, 0.5) is 0 Å². The van der Waals surface area contributed by atoms with Gasteiger partial charge in [-0.05, 0) is 0 Å². The minimum absolute atomic E-state index is 0.681. The molecule has 0 aliphatic carbocycles. The van der Waals surface area contributed by atoms with Crippen LogP contribution in [0.1, 0.15) is 11.6 Å². The highest BCUT2D eigenvalue weighted by molar-refractivity contribution is 5.16. The summed E-state index contributed by atoms with van der Waals surface area (Å²) in [5.74, 6) is 0. The molecule has 2 nitrogen and oxygen atoms in total. The van der Waals surface area contributed by atoms with Gasteiger partial charge in [-0.1, -0.05) is 30.3 Å². The molecular weight excluding hydrogens is 148 g/mol. The topological polar surface area (TPSA) is 33.2 Å². The fraction of sp³-hybridized carbons (Fsp3) is 0.400. The largest absolute Gasteiger partial charge is 0.336 e. The maximum absolute atomic E-state index is 2.44. The summed E-state index contributed by atoms with van der Waals surface area (Å²) in [5, 5.41) is 4.84. The smallest absolute Gasteiger partial charge is 0.161 e. The molecule has 1 saturated heterocycles. The Morgan fingerprint density at radius 1 is 1.08 bits per heavy atom. The van der Waals surface area contributed by atoms with Gasteiger partial charge in [0.25, 0.3) is 0 Å². The van der Waals surface area contributed by atoms with Gasteiger partial charge in [0.15, 0.2) is 6.04 Å². The first-order chi connectivity index (χ1) is 5.97. The molecule has 1 aromatic rings. The Hall–Kier alpha value is -0.860. The Labute approximate surface area is 73.0 Å². The summed E-state index contributed by atoms with van der Waals surface area (Å²) < 4.78 is 0. The van der Waals surface area contributed by atoms with Crippen LogP contribution in [0.25, 0.3) is 0 Å². The van der Waals surface area contributed by atoms with Gasteiger partial charge in [-0.25, -0.2) is 0 Å². The van der Waals surface area contributed by atoms with E-state index in [9.17, 15) is 0 Å². The Balaban J connectivity index is 2.08. The molecule has 0 aromatic heterocycles. The second kappa shape index (κ2) is 3.70. The SMILES string of the molecule is c1ccc([C@H]2C[NH2+]CC[NH2+]2)cc1. The molecule has 0 bridgehead atoms. The lowest BCUT2D eigenvalue weighted by Crippen LogP contribution is -3.04. The zero-order valence-electron chi connectivity index (χ0n) is 7.24. The second-order valence-corrected chi connectivity index (χ2v) is 3.35. The average molecular weight is 164 g/mol. The first-order valence-corrected chi connectivity index (χ1v) is 4.67. The van der Waals surface area contributed by atoms with Gasteiger partial charge < -0.3 is 10.6 Å². The van der Waals surface area contributed by atoms with Crippen LogP contribution in [0, 0.1) is 0 Å². The van der Waals surface area contributed by atoms with Crippen molar-refractivity contribution in [1.82, 2.24) is 0 Å². The van der Waals surface area contributed by atoms with Gasteiger partial charge >= 0.3 is 0 Å². The van der Waals surface area contributed by atoms with Gasteiger partial charge in [0.1, 0.15) is 19.6 Å². The van der Waals surface area contributed by atoms with Crippen molar-refractivity contribution in [3.8, 4) is 0 Å². The quantitative estimate of drug-likeness (QED) is 0.526. The van der Waals surface area contributed by atoms with E-state index in [2.05, 4.69) is 41.0 Å². The van der Waals surface area contributed by atoms with E-state index in [0.717, 1.165) is 0 Å². The molecule has 0 spiro atoms. The van der Waals surface area contributed by atoms with Crippen LogP contribution in [0.2, 0.25) is 0 Å². The number of nitrogens with two attached hydrogens (primary N) is 2. The average Bonchev–Trinajstić information content (AvgIpc) is 2.21. The Kier molecular flexibility index (Phi) is 2.39. The van der Waals surface area contributed by atoms with Crippen molar-refractivity contribution in [2.45, 2.75) is 6.04 Å². The van der Waals surface area contributed by atoms with E-state index >= 15 is 0 Å². The van der Waals surface area contributed by atoms with E-state index in [0.29, 0.717) is 6.04 Å². The Morgan fingerprint density at radius 2 is 1.92 bits per heavy atom. The first-order valence-electron chi connectivity index (χ1n) is 4.67.